The topological polar surface area (TPSA) is 113 Å². The molecule has 0 aliphatic carbocycles. The van der Waals surface area contributed by atoms with E-state index in [9.17, 15) is 4.79 Å². The third-order valence-electron chi connectivity index (χ3n) is 2.22. The van der Waals surface area contributed by atoms with Gasteiger partial charge in [-0.3, -0.25) is 4.79 Å². The van der Waals surface area contributed by atoms with Gasteiger partial charge in [0, 0.05) is 0 Å². The minimum absolute atomic E-state index is 0.326. The highest BCUT2D eigenvalue weighted by molar-refractivity contribution is 7.12. The van der Waals surface area contributed by atoms with Gasteiger partial charge in [-0.2, -0.15) is 4.68 Å². The average molecular weight is 269 g/mol. The normalized spacial score (nSPS) is 10.8. The molecule has 0 radical (unpaired) electrons. The molecule has 0 saturated heterocycles. The number of hydrogen-bond acceptors (Lipinski definition) is 7. The second-order valence-corrected chi connectivity index (χ2v) is 4.34. The third kappa shape index (κ3) is 2.53. The molecule has 0 spiro atoms. The van der Waals surface area contributed by atoms with Crippen LogP contribution in [0.5, 0.6) is 0 Å². The monoisotopic (exact) mass is 269 g/mol. The van der Waals surface area contributed by atoms with Crippen molar-refractivity contribution in [2.75, 3.05) is 13.2 Å². The van der Waals surface area contributed by atoms with Crippen molar-refractivity contribution in [1.29, 1.82) is 0 Å². The molecule has 18 heavy (non-hydrogen) atoms. The van der Waals surface area contributed by atoms with Crippen LogP contribution in [0.4, 0.5) is 0 Å². The summed E-state index contributed by atoms with van der Waals surface area (Å²) in [5.74, 6) is -0.386. The molecule has 0 aliphatic heterocycles. The molecule has 9 heteroatoms. The molecule has 2 rings (SSSR count). The summed E-state index contributed by atoms with van der Waals surface area (Å²) in [6.45, 7) is -0.651. The predicted octanol–water partition coefficient (Wildman–Crippen LogP) is -1.19. The number of nitrogens with one attached hydrogen (secondary N) is 1. The molecule has 2 heterocycles. The highest BCUT2D eigenvalue weighted by Crippen LogP contribution is 2.19. The van der Waals surface area contributed by atoms with Gasteiger partial charge in [0.2, 0.25) is 0 Å². The van der Waals surface area contributed by atoms with Crippen molar-refractivity contribution in [3.05, 3.63) is 22.7 Å². The molecular formula is C9H11N5O3S. The van der Waals surface area contributed by atoms with Crippen LogP contribution in [0.1, 0.15) is 9.67 Å². The van der Waals surface area contributed by atoms with Gasteiger partial charge in [0.15, 0.2) is 0 Å². The quantitative estimate of drug-likeness (QED) is 0.629. The molecule has 0 atom stereocenters. The summed E-state index contributed by atoms with van der Waals surface area (Å²) in [5, 5.41) is 32.8. The van der Waals surface area contributed by atoms with Gasteiger partial charge >= 0.3 is 0 Å². The lowest BCUT2D eigenvalue weighted by molar-refractivity contribution is 0.0883. The van der Waals surface area contributed by atoms with E-state index in [4.69, 9.17) is 10.2 Å². The first kappa shape index (κ1) is 12.6. The van der Waals surface area contributed by atoms with Crippen molar-refractivity contribution in [1.82, 2.24) is 25.5 Å². The molecule has 8 nitrogen and oxygen atoms in total. The maximum Gasteiger partial charge on any atom is 0.263 e. The molecule has 96 valence electrons. The lowest BCUT2D eigenvalue weighted by Gasteiger charge is -2.12. The van der Waals surface area contributed by atoms with Crippen LogP contribution in [0.25, 0.3) is 5.69 Å². The Labute approximate surface area is 106 Å². The molecule has 0 aromatic carbocycles. The Kier molecular flexibility index (Phi) is 3.97. The van der Waals surface area contributed by atoms with Crippen LogP contribution >= 0.6 is 11.3 Å². The Bertz CT molecular complexity index is 508. The second-order valence-electron chi connectivity index (χ2n) is 3.42. The average Bonchev–Trinajstić information content (AvgIpc) is 3.04. The number of aliphatic hydroxyl groups is 2. The lowest BCUT2D eigenvalue weighted by atomic mass is 10.3. The number of aliphatic hydroxyl groups excluding tert-OH is 2. The standard InChI is InChI=1S/C9H11N5O3S/c15-3-6(4-16)11-9(17)8-7(1-2-18-8)14-5-10-12-13-14/h1-2,5-6,15-16H,3-4H2,(H,11,17). The van der Waals surface area contributed by atoms with Crippen molar-refractivity contribution >= 4 is 17.2 Å². The number of nitrogens with zero attached hydrogens (tertiary/aromatic N) is 4. The molecule has 2 aromatic rings. The summed E-state index contributed by atoms with van der Waals surface area (Å²) in [6, 6.07) is 1.03. The van der Waals surface area contributed by atoms with Crippen LogP contribution in [0, 0.1) is 0 Å². The molecule has 0 bridgehead atoms. The fourth-order valence-corrected chi connectivity index (χ4v) is 2.11. The minimum Gasteiger partial charge on any atom is -0.394 e. The molecule has 0 saturated carbocycles. The Morgan fingerprint density at radius 3 is 2.89 bits per heavy atom. The van der Waals surface area contributed by atoms with Crippen LogP contribution in [-0.2, 0) is 0 Å². The summed E-state index contributed by atoms with van der Waals surface area (Å²) >= 11 is 1.23. The second kappa shape index (κ2) is 5.67. The van der Waals surface area contributed by atoms with Crippen LogP contribution in [-0.4, -0.2) is 55.6 Å². The number of hydrogen-bond donors (Lipinski definition) is 3. The summed E-state index contributed by atoms with van der Waals surface area (Å²) in [7, 11) is 0. The first-order valence-corrected chi connectivity index (χ1v) is 5.97. The number of carbonyl (C=O) groups is 1. The highest BCUT2D eigenvalue weighted by atomic mass is 32.1. The summed E-state index contributed by atoms with van der Waals surface area (Å²) in [5.41, 5.74) is 0.553. The molecule has 2 aromatic heterocycles. The van der Waals surface area contributed by atoms with Gasteiger partial charge in [-0.05, 0) is 21.9 Å². The first-order chi connectivity index (χ1) is 8.76. The van der Waals surface area contributed by atoms with Gasteiger partial charge in [-0.15, -0.1) is 16.4 Å². The zero-order valence-corrected chi connectivity index (χ0v) is 10.0. The molecule has 0 unspecified atom stereocenters. The summed E-state index contributed by atoms with van der Waals surface area (Å²) in [6.07, 6.45) is 1.38. The van der Waals surface area contributed by atoms with E-state index in [0.29, 0.717) is 10.6 Å². The van der Waals surface area contributed by atoms with E-state index < -0.39 is 6.04 Å². The van der Waals surface area contributed by atoms with Crippen molar-refractivity contribution in [2.45, 2.75) is 6.04 Å². The first-order valence-electron chi connectivity index (χ1n) is 5.09. The van der Waals surface area contributed by atoms with Crippen molar-refractivity contribution in [3.8, 4) is 5.69 Å². The van der Waals surface area contributed by atoms with E-state index in [2.05, 4.69) is 20.8 Å². The number of carbonyl (C=O) groups excluding carboxylic acids is 1. The van der Waals surface area contributed by atoms with Gasteiger partial charge in [-0.1, -0.05) is 0 Å². The van der Waals surface area contributed by atoms with Crippen LogP contribution in [0.2, 0.25) is 0 Å². The smallest absolute Gasteiger partial charge is 0.263 e. The molecule has 3 N–H and O–H groups in total. The van der Waals surface area contributed by atoms with Gasteiger partial charge < -0.3 is 15.5 Å². The van der Waals surface area contributed by atoms with Gasteiger partial charge in [0.05, 0.1) is 24.9 Å². The Balaban J connectivity index is 2.19. The fourth-order valence-electron chi connectivity index (χ4n) is 1.32. The van der Waals surface area contributed by atoms with Crippen molar-refractivity contribution in [2.24, 2.45) is 0 Å². The largest absolute Gasteiger partial charge is 0.394 e. The van der Waals surface area contributed by atoms with Gasteiger partial charge in [-0.25, -0.2) is 0 Å². The van der Waals surface area contributed by atoms with Crippen molar-refractivity contribution < 1.29 is 15.0 Å². The highest BCUT2D eigenvalue weighted by Gasteiger charge is 2.18. The predicted molar refractivity (Wildman–Crippen MR) is 62.5 cm³/mol. The van der Waals surface area contributed by atoms with E-state index in [1.165, 1.54) is 22.3 Å². The minimum atomic E-state index is -0.679. The number of aromatic nitrogens is 4. The molecular weight excluding hydrogens is 258 g/mol. The molecule has 0 aliphatic rings. The van der Waals surface area contributed by atoms with Crippen molar-refractivity contribution in [3.63, 3.8) is 0 Å². The summed E-state index contributed by atoms with van der Waals surface area (Å²) in [4.78, 5) is 12.4. The number of amides is 1. The van der Waals surface area contributed by atoms with E-state index in [-0.39, 0.29) is 19.1 Å². The van der Waals surface area contributed by atoms with E-state index in [1.54, 1.807) is 11.4 Å². The SMILES string of the molecule is O=C(NC(CO)CO)c1sccc1-n1cnnn1. The fraction of sp³-hybridized carbons (Fsp3) is 0.333. The van der Waals surface area contributed by atoms with Crippen LogP contribution in [0.15, 0.2) is 17.8 Å². The van der Waals surface area contributed by atoms with E-state index in [1.807, 2.05) is 0 Å². The Morgan fingerprint density at radius 1 is 1.50 bits per heavy atom. The number of tetrazole rings is 1. The maximum absolute atomic E-state index is 11.9. The van der Waals surface area contributed by atoms with Gasteiger partial charge in [0.25, 0.3) is 5.91 Å². The van der Waals surface area contributed by atoms with Crippen LogP contribution < -0.4 is 5.32 Å². The molecule has 0 fully saturated rings. The zero-order valence-electron chi connectivity index (χ0n) is 9.22. The van der Waals surface area contributed by atoms with Crippen LogP contribution in [0.3, 0.4) is 0 Å². The Hall–Kier alpha value is -1.84. The zero-order chi connectivity index (χ0) is 13.0. The number of rotatable bonds is 5. The summed E-state index contributed by atoms with van der Waals surface area (Å²) < 4.78 is 1.37. The maximum atomic E-state index is 11.9. The van der Waals surface area contributed by atoms with E-state index in [0.717, 1.165) is 0 Å². The van der Waals surface area contributed by atoms with Gasteiger partial charge in [0.1, 0.15) is 11.2 Å². The van der Waals surface area contributed by atoms with E-state index >= 15 is 0 Å². The molecule has 1 amide bonds. The third-order valence-corrected chi connectivity index (χ3v) is 3.12. The Morgan fingerprint density at radius 2 is 2.28 bits per heavy atom. The lowest BCUT2D eigenvalue weighted by Crippen LogP contribution is -2.40. The number of thiophene rings is 1.